The second kappa shape index (κ2) is 39.9. The van der Waals surface area contributed by atoms with Crippen molar-refractivity contribution in [2.24, 2.45) is 0 Å². The number of carbonyl (C=O) groups is 6. The van der Waals surface area contributed by atoms with Gasteiger partial charge >= 0.3 is 37.7 Å². The summed E-state index contributed by atoms with van der Waals surface area (Å²) in [5.74, 6) is -3.82. The van der Waals surface area contributed by atoms with E-state index < -0.39 is 76.3 Å². The molecule has 0 saturated carbocycles. The van der Waals surface area contributed by atoms with Gasteiger partial charge in [-0.1, -0.05) is 142 Å². The zero-order valence-electron chi connectivity index (χ0n) is 37.8. The first kappa shape index (κ1) is 58.1. The second-order valence-corrected chi connectivity index (χ2v) is 17.5. The number of ether oxygens (including phenoxy) is 4. The third-order valence-electron chi connectivity index (χ3n) is 9.95. The zero-order valence-corrected chi connectivity index (χ0v) is 38.7. The van der Waals surface area contributed by atoms with Gasteiger partial charge in [0, 0.05) is 38.5 Å². The summed E-state index contributed by atoms with van der Waals surface area (Å²) < 4.78 is 44.4. The molecular weight excluding hydrogens is 811 g/mol. The Bertz CT molecular complexity index is 1230. The lowest BCUT2D eigenvalue weighted by Gasteiger charge is -2.22. The van der Waals surface area contributed by atoms with Crippen molar-refractivity contribution < 1.29 is 71.3 Å². The summed E-state index contributed by atoms with van der Waals surface area (Å²) >= 11 is 0. The Morgan fingerprint density at radius 3 is 1.10 bits per heavy atom. The van der Waals surface area contributed by atoms with E-state index in [2.05, 4.69) is 13.8 Å². The quantitative estimate of drug-likeness (QED) is 0.0252. The first-order valence-electron chi connectivity index (χ1n) is 23.3. The van der Waals surface area contributed by atoms with Crippen LogP contribution in [0.15, 0.2) is 0 Å². The Morgan fingerprint density at radius 1 is 0.426 bits per heavy atom. The molecule has 0 aliphatic rings. The second-order valence-electron chi connectivity index (χ2n) is 16.0. The van der Waals surface area contributed by atoms with Crippen LogP contribution >= 0.6 is 7.82 Å². The van der Waals surface area contributed by atoms with Crippen LogP contribution in [0.25, 0.3) is 0 Å². The molecular formula is C45H81O15P. The molecule has 2 N–H and O–H groups in total. The number of unbranched alkanes of at least 4 members (excludes halogenated alkanes) is 20. The van der Waals surface area contributed by atoms with Crippen molar-refractivity contribution in [2.75, 3.05) is 26.4 Å². The summed E-state index contributed by atoms with van der Waals surface area (Å²) in [6.07, 6.45) is 22.1. The molecule has 0 amide bonds. The van der Waals surface area contributed by atoms with Gasteiger partial charge in [-0.25, -0.2) is 4.57 Å². The number of carboxylic acids is 1. The molecule has 0 aromatic rings. The van der Waals surface area contributed by atoms with Crippen LogP contribution in [-0.2, 0) is 61.3 Å². The van der Waals surface area contributed by atoms with Crippen molar-refractivity contribution in [3.63, 3.8) is 0 Å². The third kappa shape index (κ3) is 40.9. The standard InChI is InChI=1S/C45H81O15P/c1-4-6-8-10-12-14-16-18-20-22-24-30-42(49)55-34-39(59-44(51)31-25-23-21-19-17-15-13-11-9-7-5-2)36-57-61(53,54)58-37-40(60-45(52)33-26-28-38(3)46)35-56-43(50)32-27-29-41(47)48/h39-40H,4-37H2,1-3H3,(H,47,48)(H,53,54)/t39-,40?/m1/s1. The van der Waals surface area contributed by atoms with Crippen LogP contribution in [0.3, 0.4) is 0 Å². The molecule has 0 radical (unpaired) electrons. The van der Waals surface area contributed by atoms with E-state index in [1.54, 1.807) is 0 Å². The number of carboxylic acid groups (broad SMARTS) is 1. The fraction of sp³-hybridized carbons (Fsp3) is 0.867. The first-order valence-corrected chi connectivity index (χ1v) is 24.8. The van der Waals surface area contributed by atoms with Gasteiger partial charge in [0.1, 0.15) is 19.0 Å². The van der Waals surface area contributed by atoms with Crippen molar-refractivity contribution >= 4 is 43.5 Å². The summed E-state index contributed by atoms with van der Waals surface area (Å²) in [4.78, 5) is 82.5. The molecule has 2 unspecified atom stereocenters. The van der Waals surface area contributed by atoms with Crippen molar-refractivity contribution in [3.05, 3.63) is 0 Å². The van der Waals surface area contributed by atoms with Crippen LogP contribution in [0.2, 0.25) is 0 Å². The molecule has 0 spiro atoms. The fourth-order valence-corrected chi connectivity index (χ4v) is 7.15. The van der Waals surface area contributed by atoms with Crippen molar-refractivity contribution in [1.82, 2.24) is 0 Å². The number of phosphoric ester groups is 1. The smallest absolute Gasteiger partial charge is 0.472 e. The van der Waals surface area contributed by atoms with Gasteiger partial charge < -0.3 is 33.7 Å². The van der Waals surface area contributed by atoms with Gasteiger partial charge in [0.2, 0.25) is 0 Å². The fourth-order valence-electron chi connectivity index (χ4n) is 6.36. The van der Waals surface area contributed by atoms with Crippen LogP contribution in [0.1, 0.15) is 213 Å². The number of phosphoric acid groups is 1. The molecule has 0 rings (SSSR count). The highest BCUT2D eigenvalue weighted by molar-refractivity contribution is 7.47. The lowest BCUT2D eigenvalue weighted by atomic mass is 10.1. The molecule has 0 aliphatic carbocycles. The maximum Gasteiger partial charge on any atom is 0.472 e. The third-order valence-corrected chi connectivity index (χ3v) is 10.9. The zero-order chi connectivity index (χ0) is 45.4. The molecule has 3 atom stereocenters. The predicted molar refractivity (Wildman–Crippen MR) is 232 cm³/mol. The van der Waals surface area contributed by atoms with Gasteiger partial charge in [-0.15, -0.1) is 0 Å². The molecule has 0 fully saturated rings. The number of hydrogen-bond donors (Lipinski definition) is 2. The van der Waals surface area contributed by atoms with Crippen molar-refractivity contribution in [2.45, 2.75) is 226 Å². The molecule has 356 valence electrons. The van der Waals surface area contributed by atoms with Gasteiger partial charge in [-0.3, -0.25) is 33.0 Å². The lowest BCUT2D eigenvalue weighted by molar-refractivity contribution is -0.162. The van der Waals surface area contributed by atoms with Gasteiger partial charge in [-0.05, 0) is 32.6 Å². The van der Waals surface area contributed by atoms with Crippen LogP contribution < -0.4 is 0 Å². The van der Waals surface area contributed by atoms with E-state index in [0.717, 1.165) is 44.9 Å². The molecule has 61 heavy (non-hydrogen) atoms. The number of hydrogen-bond acceptors (Lipinski definition) is 13. The largest absolute Gasteiger partial charge is 0.481 e. The molecule has 0 aromatic heterocycles. The average Bonchev–Trinajstić information content (AvgIpc) is 3.20. The number of ketones is 1. The Kier molecular flexibility index (Phi) is 38.1. The highest BCUT2D eigenvalue weighted by atomic mass is 31.2. The predicted octanol–water partition coefficient (Wildman–Crippen LogP) is 10.4. The number of esters is 4. The SMILES string of the molecule is CCCCCCCCCCCCCC(=O)OC[C@H](COP(=O)(O)OCC(COC(=O)CCCC(=O)O)OC(=O)CCCC(C)=O)OC(=O)CCCCCCCCCCCCC. The normalized spacial score (nSPS) is 13.2. The van der Waals surface area contributed by atoms with Gasteiger partial charge in [0.05, 0.1) is 13.2 Å². The van der Waals surface area contributed by atoms with Crippen LogP contribution in [-0.4, -0.2) is 84.3 Å². The highest BCUT2D eigenvalue weighted by Crippen LogP contribution is 2.43. The van der Waals surface area contributed by atoms with E-state index in [4.69, 9.17) is 33.1 Å². The van der Waals surface area contributed by atoms with Crippen LogP contribution in [0.5, 0.6) is 0 Å². The lowest BCUT2D eigenvalue weighted by Crippen LogP contribution is -2.31. The van der Waals surface area contributed by atoms with Crippen LogP contribution in [0, 0.1) is 0 Å². The maximum absolute atomic E-state index is 13.0. The molecule has 0 saturated heterocycles. The minimum Gasteiger partial charge on any atom is -0.481 e. The Labute approximate surface area is 366 Å². The minimum atomic E-state index is -4.91. The molecule has 16 heteroatoms. The summed E-state index contributed by atoms with van der Waals surface area (Å²) in [5, 5.41) is 8.80. The van der Waals surface area contributed by atoms with E-state index in [1.165, 1.54) is 90.4 Å². The Morgan fingerprint density at radius 2 is 0.738 bits per heavy atom. The van der Waals surface area contributed by atoms with Gasteiger partial charge in [-0.2, -0.15) is 0 Å². The average molecular weight is 893 g/mol. The Balaban J connectivity index is 5.17. The number of aliphatic carboxylic acids is 1. The van der Waals surface area contributed by atoms with Crippen molar-refractivity contribution in [3.8, 4) is 0 Å². The van der Waals surface area contributed by atoms with E-state index in [1.807, 2.05) is 0 Å². The number of carbonyl (C=O) groups excluding carboxylic acids is 5. The topological polar surface area (TPSA) is 215 Å². The Hall–Kier alpha value is -2.87. The van der Waals surface area contributed by atoms with Crippen LogP contribution in [0.4, 0.5) is 0 Å². The van der Waals surface area contributed by atoms with Gasteiger partial charge in [0.15, 0.2) is 12.2 Å². The van der Waals surface area contributed by atoms with Gasteiger partial charge in [0.25, 0.3) is 0 Å². The van der Waals surface area contributed by atoms with E-state index in [9.17, 15) is 38.2 Å². The molecule has 0 bridgehead atoms. The van der Waals surface area contributed by atoms with E-state index in [0.29, 0.717) is 12.8 Å². The summed E-state index contributed by atoms with van der Waals surface area (Å²) in [5.41, 5.74) is 0. The monoisotopic (exact) mass is 893 g/mol. The molecule has 0 aliphatic heterocycles. The summed E-state index contributed by atoms with van der Waals surface area (Å²) in [6.45, 7) is 3.41. The summed E-state index contributed by atoms with van der Waals surface area (Å²) in [6, 6.07) is 0. The number of rotatable bonds is 44. The van der Waals surface area contributed by atoms with E-state index >= 15 is 0 Å². The van der Waals surface area contributed by atoms with Crippen molar-refractivity contribution in [1.29, 1.82) is 0 Å². The number of Topliss-reactive ketones (excluding diaryl/α,β-unsaturated/α-hetero) is 1. The summed E-state index contributed by atoms with van der Waals surface area (Å²) in [7, 11) is -4.91. The maximum atomic E-state index is 13.0. The van der Waals surface area contributed by atoms with E-state index in [-0.39, 0.29) is 57.1 Å². The minimum absolute atomic E-state index is 0.0135. The molecule has 15 nitrogen and oxygen atoms in total. The molecule has 0 aromatic carbocycles. The molecule has 0 heterocycles. The highest BCUT2D eigenvalue weighted by Gasteiger charge is 2.29. The first-order chi connectivity index (χ1) is 29.3.